The number of carbonyl (C=O) groups is 12. The van der Waals surface area contributed by atoms with Gasteiger partial charge in [-0.05, 0) is 324 Å². The van der Waals surface area contributed by atoms with E-state index < -0.39 is 118 Å². The first-order chi connectivity index (χ1) is 52.3. The highest BCUT2D eigenvalue weighted by atomic mass is 16.6. The van der Waals surface area contributed by atoms with E-state index in [1.807, 2.05) is 83.1 Å². The summed E-state index contributed by atoms with van der Waals surface area (Å²) < 4.78 is 63.3. The summed E-state index contributed by atoms with van der Waals surface area (Å²) in [5.74, 6) is -0.841. The maximum absolute atomic E-state index is 12.4. The molecule has 0 radical (unpaired) electrons. The first kappa shape index (κ1) is 96.2. The summed E-state index contributed by atoms with van der Waals surface area (Å²) in [6.45, 7) is 34.8. The van der Waals surface area contributed by atoms with Gasteiger partial charge in [-0.15, -0.1) is 0 Å². The van der Waals surface area contributed by atoms with E-state index >= 15 is 0 Å². The first-order valence-electron chi connectivity index (χ1n) is 42.5. The van der Waals surface area contributed by atoms with Crippen molar-refractivity contribution in [2.24, 2.45) is 74.4 Å². The van der Waals surface area contributed by atoms with E-state index in [0.717, 1.165) is 165 Å². The summed E-state index contributed by atoms with van der Waals surface area (Å²) in [6.07, 6.45) is 31.1. The van der Waals surface area contributed by atoms with Crippen LogP contribution in [0, 0.1) is 74.4 Å². The molecule has 0 heterocycles. The van der Waals surface area contributed by atoms with Crippen LogP contribution in [0.25, 0.3) is 0 Å². The SMILES string of the molecule is CCC(C)(C)C(=O)OCC(=O)OC1(C)CCCC1.CCC(C)(C)C(=O)OCC(=O)OC1(C)CCCCC1.CCC(C)(C)C(=O)OCC(=O)OCC(=O)OC1(C)C2CC3CC(C2)CC1C3.CCC(C)(C)C(=O)OCC(=O)OCC(=O)OC1(CC)C2CC3CC(C2)CC1C3.CCC1(OC(=O)COC(=O)C(C)(C)CC)CCCCC1. The molecule has 0 aromatic heterocycles. The summed E-state index contributed by atoms with van der Waals surface area (Å²) in [5, 5.41) is 0. The van der Waals surface area contributed by atoms with Crippen LogP contribution in [0.2, 0.25) is 0 Å². The lowest BCUT2D eigenvalue weighted by Gasteiger charge is -2.60. The molecular formula is C88H144O24. The average molecular weight is 1590 g/mol. The Labute approximate surface area is 669 Å². The number of hydrogen-bond acceptors (Lipinski definition) is 24. The van der Waals surface area contributed by atoms with Gasteiger partial charge in [0, 0.05) is 0 Å². The second-order valence-corrected chi connectivity index (χ2v) is 37.6. The second kappa shape index (κ2) is 42.0. The summed E-state index contributed by atoms with van der Waals surface area (Å²) in [6, 6.07) is 0. The monoisotopic (exact) mass is 1590 g/mol. The van der Waals surface area contributed by atoms with Crippen LogP contribution < -0.4 is 0 Å². The molecule has 24 heteroatoms. The number of rotatable bonds is 31. The predicted molar refractivity (Wildman–Crippen MR) is 418 cm³/mol. The molecule has 11 rings (SSSR count). The molecule has 112 heavy (non-hydrogen) atoms. The molecule has 0 unspecified atom stereocenters. The quantitative estimate of drug-likeness (QED) is 0.0460. The van der Waals surface area contributed by atoms with Crippen LogP contribution in [0.4, 0.5) is 0 Å². The van der Waals surface area contributed by atoms with E-state index in [2.05, 4.69) is 13.8 Å². The van der Waals surface area contributed by atoms with Gasteiger partial charge in [0.05, 0.1) is 27.1 Å². The van der Waals surface area contributed by atoms with Crippen LogP contribution in [0.5, 0.6) is 0 Å². The smallest absolute Gasteiger partial charge is 0.344 e. The Balaban J connectivity index is 0.000000254. The highest BCUT2D eigenvalue weighted by Gasteiger charge is 2.60. The van der Waals surface area contributed by atoms with Crippen LogP contribution in [0.1, 0.15) is 338 Å². The van der Waals surface area contributed by atoms with Gasteiger partial charge in [0.1, 0.15) is 28.0 Å². The molecule has 640 valence electrons. The van der Waals surface area contributed by atoms with Gasteiger partial charge in [-0.3, -0.25) is 24.0 Å². The third-order valence-electron chi connectivity index (χ3n) is 27.0. The normalized spacial score (nSPS) is 26.0. The highest BCUT2D eigenvalue weighted by molar-refractivity contribution is 5.84. The van der Waals surface area contributed by atoms with Crippen molar-refractivity contribution in [3.8, 4) is 0 Å². The zero-order valence-corrected chi connectivity index (χ0v) is 72.3. The Morgan fingerprint density at radius 2 is 0.509 bits per heavy atom. The molecule has 11 fully saturated rings. The van der Waals surface area contributed by atoms with E-state index in [0.29, 0.717) is 55.8 Å². The molecule has 8 bridgehead atoms. The molecule has 11 saturated carbocycles. The minimum atomic E-state index is -0.734. The van der Waals surface area contributed by atoms with E-state index in [1.165, 1.54) is 25.7 Å². The molecule has 0 amide bonds. The summed E-state index contributed by atoms with van der Waals surface area (Å²) in [4.78, 5) is 143. The van der Waals surface area contributed by atoms with Crippen molar-refractivity contribution in [1.29, 1.82) is 0 Å². The van der Waals surface area contributed by atoms with E-state index in [9.17, 15) is 57.5 Å². The van der Waals surface area contributed by atoms with Gasteiger partial charge in [-0.25, -0.2) is 33.6 Å². The van der Waals surface area contributed by atoms with Crippen LogP contribution in [0.3, 0.4) is 0 Å². The van der Waals surface area contributed by atoms with Gasteiger partial charge in [-0.2, -0.15) is 0 Å². The maximum Gasteiger partial charge on any atom is 0.344 e. The molecule has 0 aromatic carbocycles. The lowest BCUT2D eigenvalue weighted by molar-refractivity contribution is -0.214. The van der Waals surface area contributed by atoms with Gasteiger partial charge < -0.3 is 56.8 Å². The zero-order valence-electron chi connectivity index (χ0n) is 72.3. The molecule has 0 saturated heterocycles. The van der Waals surface area contributed by atoms with Crippen LogP contribution in [0.15, 0.2) is 0 Å². The van der Waals surface area contributed by atoms with E-state index in [-0.39, 0.29) is 54.5 Å². The summed E-state index contributed by atoms with van der Waals surface area (Å²) >= 11 is 0. The Morgan fingerprint density at radius 3 is 0.795 bits per heavy atom. The molecule has 0 aliphatic heterocycles. The van der Waals surface area contributed by atoms with Crippen molar-refractivity contribution in [2.75, 3.05) is 46.2 Å². The number of carbonyl (C=O) groups excluding carboxylic acids is 12. The topological polar surface area (TPSA) is 316 Å². The highest BCUT2D eigenvalue weighted by Crippen LogP contribution is 2.62. The molecule has 24 nitrogen and oxygen atoms in total. The van der Waals surface area contributed by atoms with Crippen molar-refractivity contribution in [2.45, 2.75) is 366 Å². The Hall–Kier alpha value is -6.36. The minimum Gasteiger partial charge on any atom is -0.457 e. The number of hydrogen-bond donors (Lipinski definition) is 0. The van der Waals surface area contributed by atoms with Crippen LogP contribution >= 0.6 is 0 Å². The third-order valence-corrected chi connectivity index (χ3v) is 27.0. The number of ether oxygens (including phenoxy) is 12. The largest absolute Gasteiger partial charge is 0.457 e. The summed E-state index contributed by atoms with van der Waals surface area (Å²) in [5.41, 5.74) is -4.82. The van der Waals surface area contributed by atoms with Crippen molar-refractivity contribution in [3.05, 3.63) is 0 Å². The van der Waals surface area contributed by atoms with Crippen LogP contribution in [-0.4, -0.2) is 146 Å². The molecule has 11 aliphatic rings. The van der Waals surface area contributed by atoms with Gasteiger partial charge in [0.25, 0.3) is 0 Å². The maximum atomic E-state index is 12.4. The Kier molecular flexibility index (Phi) is 36.1. The van der Waals surface area contributed by atoms with Gasteiger partial charge >= 0.3 is 71.6 Å². The third kappa shape index (κ3) is 28.0. The van der Waals surface area contributed by atoms with Gasteiger partial charge in [0.15, 0.2) is 46.2 Å². The fourth-order valence-electron chi connectivity index (χ4n) is 17.5. The molecule has 0 atom stereocenters. The summed E-state index contributed by atoms with van der Waals surface area (Å²) in [7, 11) is 0. The molecule has 0 aromatic rings. The fraction of sp³-hybridized carbons (Fsp3) is 0.864. The molecular weight excluding hydrogens is 1440 g/mol. The molecule has 11 aliphatic carbocycles. The second-order valence-electron chi connectivity index (χ2n) is 37.6. The van der Waals surface area contributed by atoms with Gasteiger partial charge in [-0.1, -0.05) is 61.3 Å². The zero-order chi connectivity index (χ0) is 83.9. The lowest BCUT2D eigenvalue weighted by Crippen LogP contribution is -2.59. The van der Waals surface area contributed by atoms with Crippen molar-refractivity contribution < 1.29 is 114 Å². The first-order valence-corrected chi connectivity index (χ1v) is 42.5. The van der Waals surface area contributed by atoms with Crippen LogP contribution in [-0.2, 0) is 114 Å². The molecule has 0 spiro atoms. The van der Waals surface area contributed by atoms with Crippen molar-refractivity contribution in [1.82, 2.24) is 0 Å². The minimum absolute atomic E-state index is 0.274. The fourth-order valence-corrected chi connectivity index (χ4v) is 17.5. The lowest BCUT2D eigenvalue weighted by atomic mass is 9.49. The Bertz CT molecular complexity index is 3090. The van der Waals surface area contributed by atoms with Crippen molar-refractivity contribution >= 4 is 71.6 Å². The molecule has 0 N–H and O–H groups in total. The average Bonchev–Trinajstić information content (AvgIpc) is 0.743. The van der Waals surface area contributed by atoms with Crippen molar-refractivity contribution in [3.63, 3.8) is 0 Å². The standard InChI is InChI=1S/C22H34O6.C21H32O6.C16H28O4.C15H26O4.C14H24O4/c1-5-21(3,4)20(25)27-12-18(23)26-13-19(24)28-22(6-2)16-8-14-7-15(10-16)11-17(22)9-14;1-5-20(2,3)19(24)26-11-17(22)25-12-18(23)27-21(4)15-7-13-6-14(9-15)10-16(21)8-13;1-5-15(3,4)14(18)19-12-13(17)20-16(6-2)10-8-7-9-11-16;1-5-14(2,3)13(17)18-11-12(16)19-15(4)9-7-6-8-10-15;1-5-13(2,3)12(16)17-10-11(15)18-14(4)8-6-7-9-14/h14-17H,5-13H2,1-4H3;13-16H,5-12H2,1-4H3;5-12H2,1-4H3;5-11H2,1-4H3;5-10H2,1-4H3. The van der Waals surface area contributed by atoms with Gasteiger partial charge in [0.2, 0.25) is 0 Å². The van der Waals surface area contributed by atoms with E-state index in [4.69, 9.17) is 56.8 Å². The number of esters is 12. The Morgan fingerprint density at radius 1 is 0.268 bits per heavy atom. The predicted octanol–water partition coefficient (Wildman–Crippen LogP) is 16.6. The van der Waals surface area contributed by atoms with E-state index in [1.54, 1.807) is 41.5 Å².